The van der Waals surface area contributed by atoms with Gasteiger partial charge in [0.1, 0.15) is 5.82 Å². The van der Waals surface area contributed by atoms with Crippen LogP contribution < -0.4 is 5.32 Å². The Morgan fingerprint density at radius 2 is 2.09 bits per heavy atom. The zero-order valence-electron chi connectivity index (χ0n) is 13.7. The first-order chi connectivity index (χ1) is 10.9. The van der Waals surface area contributed by atoms with Crippen LogP contribution in [0.4, 0.5) is 4.39 Å². The summed E-state index contributed by atoms with van der Waals surface area (Å²) in [7, 11) is 0. The zero-order valence-corrected chi connectivity index (χ0v) is 13.7. The van der Waals surface area contributed by atoms with E-state index in [2.05, 4.69) is 5.32 Å². The highest BCUT2D eigenvalue weighted by atomic mass is 19.1. The van der Waals surface area contributed by atoms with Crippen LogP contribution in [0.2, 0.25) is 0 Å². The average molecular weight is 324 g/mol. The standard InChI is InChI=1S/C17H25FN2O3/c1-12(2)23-16-10-20(9-15(16)21)11-17(22)19-8-7-13-3-5-14(18)6-4-13/h3-6,12,15-16,21H,7-11H2,1-2H3,(H,19,22)/t15-,16-/m1/s1. The number of carbonyl (C=O) groups excluding carboxylic acids is 1. The highest BCUT2D eigenvalue weighted by Crippen LogP contribution is 2.14. The molecule has 2 N–H and O–H groups in total. The molecule has 1 saturated heterocycles. The maximum Gasteiger partial charge on any atom is 0.234 e. The molecule has 128 valence electrons. The van der Waals surface area contributed by atoms with Gasteiger partial charge in [-0.1, -0.05) is 12.1 Å². The summed E-state index contributed by atoms with van der Waals surface area (Å²) in [6.07, 6.45) is -0.0705. The van der Waals surface area contributed by atoms with Gasteiger partial charge < -0.3 is 15.2 Å². The van der Waals surface area contributed by atoms with Gasteiger partial charge in [0.05, 0.1) is 24.9 Å². The number of benzene rings is 1. The fourth-order valence-corrected chi connectivity index (χ4v) is 2.70. The first kappa shape index (κ1) is 17.8. The number of hydrogen-bond donors (Lipinski definition) is 2. The van der Waals surface area contributed by atoms with Gasteiger partial charge in [-0.25, -0.2) is 4.39 Å². The van der Waals surface area contributed by atoms with Gasteiger partial charge >= 0.3 is 0 Å². The van der Waals surface area contributed by atoms with Gasteiger partial charge in [0, 0.05) is 19.6 Å². The first-order valence-electron chi connectivity index (χ1n) is 8.01. The van der Waals surface area contributed by atoms with Gasteiger partial charge in [-0.15, -0.1) is 0 Å². The van der Waals surface area contributed by atoms with Crippen molar-refractivity contribution in [1.82, 2.24) is 10.2 Å². The average Bonchev–Trinajstić information content (AvgIpc) is 2.80. The molecule has 1 aromatic carbocycles. The van der Waals surface area contributed by atoms with Crippen molar-refractivity contribution >= 4 is 5.91 Å². The van der Waals surface area contributed by atoms with Crippen molar-refractivity contribution in [3.8, 4) is 0 Å². The number of aliphatic hydroxyl groups excluding tert-OH is 1. The molecule has 6 heteroatoms. The van der Waals surface area contributed by atoms with Crippen LogP contribution in [0.3, 0.4) is 0 Å². The number of aliphatic hydroxyl groups is 1. The largest absolute Gasteiger partial charge is 0.389 e. The molecule has 1 aliphatic heterocycles. The number of rotatable bonds is 7. The number of halogens is 1. The van der Waals surface area contributed by atoms with Crippen LogP contribution in [0.1, 0.15) is 19.4 Å². The second-order valence-corrected chi connectivity index (χ2v) is 6.21. The maximum absolute atomic E-state index is 12.8. The molecule has 1 aliphatic rings. The highest BCUT2D eigenvalue weighted by Gasteiger charge is 2.33. The Balaban J connectivity index is 1.68. The summed E-state index contributed by atoms with van der Waals surface area (Å²) in [5, 5.41) is 12.8. The molecule has 0 unspecified atom stereocenters. The zero-order chi connectivity index (χ0) is 16.8. The Morgan fingerprint density at radius 3 is 2.74 bits per heavy atom. The van der Waals surface area contributed by atoms with Gasteiger partial charge in [0.15, 0.2) is 0 Å². The summed E-state index contributed by atoms with van der Waals surface area (Å²) in [4.78, 5) is 13.8. The number of hydrogen-bond acceptors (Lipinski definition) is 4. The number of ether oxygens (including phenoxy) is 1. The molecule has 0 saturated carbocycles. The Bertz CT molecular complexity index is 507. The molecule has 2 rings (SSSR count). The van der Waals surface area contributed by atoms with Crippen LogP contribution >= 0.6 is 0 Å². The van der Waals surface area contributed by atoms with Crippen molar-refractivity contribution in [2.75, 3.05) is 26.2 Å². The smallest absolute Gasteiger partial charge is 0.234 e. The summed E-state index contributed by atoms with van der Waals surface area (Å²) in [5.41, 5.74) is 0.980. The molecule has 1 heterocycles. The third-order valence-electron chi connectivity index (χ3n) is 3.78. The Kier molecular flexibility index (Phi) is 6.50. The van der Waals surface area contributed by atoms with Crippen LogP contribution in [0.5, 0.6) is 0 Å². The van der Waals surface area contributed by atoms with E-state index in [1.165, 1.54) is 12.1 Å². The van der Waals surface area contributed by atoms with E-state index in [1.54, 1.807) is 12.1 Å². The third kappa shape index (κ3) is 5.89. The second kappa shape index (κ2) is 8.38. The van der Waals surface area contributed by atoms with E-state index in [4.69, 9.17) is 4.74 Å². The maximum atomic E-state index is 12.8. The minimum Gasteiger partial charge on any atom is -0.389 e. The SMILES string of the molecule is CC(C)O[C@@H]1CN(CC(=O)NCCc2ccc(F)cc2)C[C@H]1O. The summed E-state index contributed by atoms with van der Waals surface area (Å²) in [5.74, 6) is -0.340. The predicted molar refractivity (Wildman–Crippen MR) is 85.6 cm³/mol. The van der Waals surface area contributed by atoms with Crippen molar-refractivity contribution in [3.05, 3.63) is 35.6 Å². The minimum absolute atomic E-state index is 0.0548. The topological polar surface area (TPSA) is 61.8 Å². The lowest BCUT2D eigenvalue weighted by Crippen LogP contribution is -2.37. The molecule has 1 fully saturated rings. The number of β-amino-alcohol motifs (C(OH)–C–C–N with tert-alkyl or cyclic N) is 1. The molecule has 1 aromatic rings. The lowest BCUT2D eigenvalue weighted by molar-refractivity contribution is -0.122. The molecule has 5 nitrogen and oxygen atoms in total. The van der Waals surface area contributed by atoms with Crippen LogP contribution in [-0.4, -0.2) is 60.4 Å². The molecule has 0 aliphatic carbocycles. The molecule has 23 heavy (non-hydrogen) atoms. The van der Waals surface area contributed by atoms with Gasteiger partial charge in [-0.05, 0) is 38.0 Å². The summed E-state index contributed by atoms with van der Waals surface area (Å²) < 4.78 is 18.4. The summed E-state index contributed by atoms with van der Waals surface area (Å²) in [6.45, 7) is 5.62. The molecule has 0 radical (unpaired) electrons. The molecular formula is C17H25FN2O3. The summed E-state index contributed by atoms with van der Waals surface area (Å²) in [6, 6.07) is 6.26. The second-order valence-electron chi connectivity index (χ2n) is 6.21. The van der Waals surface area contributed by atoms with Crippen LogP contribution in [0.25, 0.3) is 0 Å². The quantitative estimate of drug-likeness (QED) is 0.784. The van der Waals surface area contributed by atoms with Crippen LogP contribution in [-0.2, 0) is 16.0 Å². The van der Waals surface area contributed by atoms with Crippen LogP contribution in [0, 0.1) is 5.82 Å². The van der Waals surface area contributed by atoms with E-state index in [9.17, 15) is 14.3 Å². The Labute approximate surface area is 136 Å². The van der Waals surface area contributed by atoms with E-state index in [-0.39, 0.29) is 30.5 Å². The third-order valence-corrected chi connectivity index (χ3v) is 3.78. The van der Waals surface area contributed by atoms with E-state index in [0.29, 0.717) is 26.1 Å². The van der Waals surface area contributed by atoms with Crippen molar-refractivity contribution in [2.24, 2.45) is 0 Å². The van der Waals surface area contributed by atoms with Gasteiger partial charge in [0.25, 0.3) is 0 Å². The highest BCUT2D eigenvalue weighted by molar-refractivity contribution is 5.78. The molecular weight excluding hydrogens is 299 g/mol. The monoisotopic (exact) mass is 324 g/mol. The van der Waals surface area contributed by atoms with Gasteiger partial charge in [-0.3, -0.25) is 9.69 Å². The molecule has 1 amide bonds. The molecule has 2 atom stereocenters. The van der Waals surface area contributed by atoms with Crippen molar-refractivity contribution in [1.29, 1.82) is 0 Å². The fraction of sp³-hybridized carbons (Fsp3) is 0.588. The number of nitrogens with one attached hydrogen (secondary N) is 1. The van der Waals surface area contributed by atoms with E-state index >= 15 is 0 Å². The lowest BCUT2D eigenvalue weighted by Gasteiger charge is -2.18. The number of likely N-dealkylation sites (tertiary alicyclic amines) is 1. The normalized spacial score (nSPS) is 21.8. The Hall–Kier alpha value is -1.50. The van der Waals surface area contributed by atoms with Crippen molar-refractivity contribution in [3.63, 3.8) is 0 Å². The Morgan fingerprint density at radius 1 is 1.39 bits per heavy atom. The lowest BCUT2D eigenvalue weighted by atomic mass is 10.1. The summed E-state index contributed by atoms with van der Waals surface area (Å²) >= 11 is 0. The van der Waals surface area contributed by atoms with E-state index < -0.39 is 6.10 Å². The van der Waals surface area contributed by atoms with Gasteiger partial charge in [-0.2, -0.15) is 0 Å². The molecule has 0 aromatic heterocycles. The van der Waals surface area contributed by atoms with Crippen LogP contribution in [0.15, 0.2) is 24.3 Å². The number of nitrogens with zero attached hydrogens (tertiary/aromatic N) is 1. The minimum atomic E-state index is -0.551. The first-order valence-corrected chi connectivity index (χ1v) is 8.01. The van der Waals surface area contributed by atoms with E-state index in [1.807, 2.05) is 18.7 Å². The van der Waals surface area contributed by atoms with Crippen molar-refractivity contribution < 1.29 is 19.0 Å². The van der Waals surface area contributed by atoms with E-state index in [0.717, 1.165) is 5.56 Å². The number of carbonyl (C=O) groups is 1. The predicted octanol–water partition coefficient (Wildman–Crippen LogP) is 0.954. The van der Waals surface area contributed by atoms with Crippen molar-refractivity contribution in [2.45, 2.75) is 38.6 Å². The van der Waals surface area contributed by atoms with Gasteiger partial charge in [0.2, 0.25) is 5.91 Å². The molecule has 0 spiro atoms. The fourth-order valence-electron chi connectivity index (χ4n) is 2.70. The molecule has 0 bridgehead atoms. The number of amides is 1.